The number of hydrogen-bond acceptors (Lipinski definition) is 5. The summed E-state index contributed by atoms with van der Waals surface area (Å²) in [4.78, 5) is 25.6. The van der Waals surface area contributed by atoms with E-state index in [-0.39, 0.29) is 24.2 Å². The van der Waals surface area contributed by atoms with Crippen LogP contribution in [0.1, 0.15) is 25.3 Å². The van der Waals surface area contributed by atoms with Crippen LogP contribution in [0, 0.1) is 18.8 Å². The van der Waals surface area contributed by atoms with Crippen LogP contribution in [0.3, 0.4) is 0 Å². The summed E-state index contributed by atoms with van der Waals surface area (Å²) in [5, 5.41) is 11.7. The second-order valence-corrected chi connectivity index (χ2v) is 6.39. The lowest BCUT2D eigenvalue weighted by Crippen LogP contribution is -2.31. The number of amides is 2. The lowest BCUT2D eigenvalue weighted by Gasteiger charge is -2.18. The third kappa shape index (κ3) is 3.50. The van der Waals surface area contributed by atoms with E-state index in [1.54, 1.807) is 4.90 Å². The van der Waals surface area contributed by atoms with E-state index in [9.17, 15) is 9.59 Å². The number of nitrogens with zero attached hydrogens (tertiary/aromatic N) is 3. The minimum absolute atomic E-state index is 0.0577. The average molecular weight is 282 g/mol. The third-order valence-electron chi connectivity index (χ3n) is 2.93. The maximum absolute atomic E-state index is 12.0. The molecule has 0 spiro atoms. The molecule has 2 rings (SSSR count). The first-order valence-corrected chi connectivity index (χ1v) is 7.16. The zero-order valence-electron chi connectivity index (χ0n) is 11.3. The Balaban J connectivity index is 1.92. The van der Waals surface area contributed by atoms with Crippen LogP contribution in [-0.4, -0.2) is 40.0 Å². The Morgan fingerprint density at radius 3 is 2.84 bits per heavy atom. The first-order valence-electron chi connectivity index (χ1n) is 6.34. The molecule has 104 valence electrons. The van der Waals surface area contributed by atoms with Gasteiger partial charge in [-0.15, -0.1) is 10.2 Å². The molecule has 0 aromatic carbocycles. The molecule has 19 heavy (non-hydrogen) atoms. The molecule has 0 unspecified atom stereocenters. The molecule has 0 saturated carbocycles. The maximum atomic E-state index is 12.0. The Labute approximate surface area is 116 Å². The third-order valence-corrected chi connectivity index (χ3v) is 3.68. The quantitative estimate of drug-likeness (QED) is 0.903. The number of carbonyl (C=O) groups is 2. The highest BCUT2D eigenvalue weighted by Crippen LogP contribution is 2.22. The average Bonchev–Trinajstić information content (AvgIpc) is 2.86. The highest BCUT2D eigenvalue weighted by molar-refractivity contribution is 7.15. The molecule has 0 aliphatic carbocycles. The van der Waals surface area contributed by atoms with Gasteiger partial charge in [-0.1, -0.05) is 25.2 Å². The summed E-state index contributed by atoms with van der Waals surface area (Å²) >= 11 is 1.33. The van der Waals surface area contributed by atoms with Gasteiger partial charge in [-0.25, -0.2) is 0 Å². The fourth-order valence-electron chi connectivity index (χ4n) is 2.12. The molecule has 1 aliphatic heterocycles. The molecule has 7 heteroatoms. The van der Waals surface area contributed by atoms with E-state index in [0.29, 0.717) is 24.1 Å². The number of anilines is 1. The minimum Gasteiger partial charge on any atom is -0.342 e. The molecular weight excluding hydrogens is 264 g/mol. The second kappa shape index (κ2) is 5.64. The number of nitrogens with one attached hydrogen (secondary N) is 1. The van der Waals surface area contributed by atoms with Crippen molar-refractivity contribution in [2.45, 2.75) is 27.2 Å². The minimum atomic E-state index is -0.282. The summed E-state index contributed by atoms with van der Waals surface area (Å²) in [5.74, 6) is 0.0464. The summed E-state index contributed by atoms with van der Waals surface area (Å²) in [5.41, 5.74) is 0. The smallest absolute Gasteiger partial charge is 0.231 e. The van der Waals surface area contributed by atoms with Crippen molar-refractivity contribution in [3.63, 3.8) is 0 Å². The molecule has 2 heterocycles. The molecule has 0 bridgehead atoms. The van der Waals surface area contributed by atoms with Gasteiger partial charge in [0.25, 0.3) is 0 Å². The fraction of sp³-hybridized carbons (Fsp3) is 0.667. The molecule has 2 amide bonds. The van der Waals surface area contributed by atoms with E-state index in [0.717, 1.165) is 5.01 Å². The van der Waals surface area contributed by atoms with Gasteiger partial charge in [0.05, 0.1) is 5.92 Å². The van der Waals surface area contributed by atoms with Gasteiger partial charge >= 0.3 is 0 Å². The monoisotopic (exact) mass is 282 g/mol. The first-order chi connectivity index (χ1) is 8.95. The Morgan fingerprint density at radius 2 is 2.26 bits per heavy atom. The van der Waals surface area contributed by atoms with Crippen molar-refractivity contribution >= 4 is 28.3 Å². The van der Waals surface area contributed by atoms with Crippen LogP contribution in [0.25, 0.3) is 0 Å². The number of rotatable bonds is 4. The molecular formula is C12H18N4O2S. The SMILES string of the molecule is Cc1nnc(NC(=O)[C@@H]2CC(=O)N(CC(C)C)C2)s1. The molecule has 1 saturated heterocycles. The predicted molar refractivity (Wildman–Crippen MR) is 72.8 cm³/mol. The van der Waals surface area contributed by atoms with Crippen molar-refractivity contribution < 1.29 is 9.59 Å². The predicted octanol–water partition coefficient (Wildman–Crippen LogP) is 1.29. The lowest BCUT2D eigenvalue weighted by atomic mass is 10.1. The van der Waals surface area contributed by atoms with E-state index in [1.165, 1.54) is 11.3 Å². The Morgan fingerprint density at radius 1 is 1.53 bits per heavy atom. The number of aromatic nitrogens is 2. The van der Waals surface area contributed by atoms with E-state index in [2.05, 4.69) is 29.4 Å². The largest absolute Gasteiger partial charge is 0.342 e. The van der Waals surface area contributed by atoms with Crippen molar-refractivity contribution in [2.75, 3.05) is 18.4 Å². The van der Waals surface area contributed by atoms with E-state index < -0.39 is 0 Å². The molecule has 1 fully saturated rings. The molecule has 6 nitrogen and oxygen atoms in total. The standard InChI is InChI=1S/C12H18N4O2S/c1-7(2)5-16-6-9(4-10(16)17)11(18)13-12-15-14-8(3)19-12/h7,9H,4-6H2,1-3H3,(H,13,15,18)/t9-/m1/s1. The molecule has 1 aromatic rings. The first kappa shape index (κ1) is 13.9. The molecule has 1 N–H and O–H groups in total. The summed E-state index contributed by atoms with van der Waals surface area (Å²) < 4.78 is 0. The molecule has 1 atom stereocenters. The van der Waals surface area contributed by atoms with Crippen LogP contribution >= 0.6 is 11.3 Å². The van der Waals surface area contributed by atoms with E-state index >= 15 is 0 Å². The normalized spacial score (nSPS) is 19.3. The van der Waals surface area contributed by atoms with Gasteiger partial charge in [-0.3, -0.25) is 9.59 Å². The Hall–Kier alpha value is -1.50. The Kier molecular flexibility index (Phi) is 4.14. The van der Waals surface area contributed by atoms with Crippen molar-refractivity contribution in [2.24, 2.45) is 11.8 Å². The summed E-state index contributed by atoms with van der Waals surface area (Å²) in [6.45, 7) is 7.16. The maximum Gasteiger partial charge on any atom is 0.231 e. The summed E-state index contributed by atoms with van der Waals surface area (Å²) in [7, 11) is 0. The Bertz CT molecular complexity index is 486. The highest BCUT2D eigenvalue weighted by atomic mass is 32.1. The van der Waals surface area contributed by atoms with Gasteiger partial charge < -0.3 is 10.2 Å². The van der Waals surface area contributed by atoms with Gasteiger partial charge in [0.2, 0.25) is 16.9 Å². The number of aryl methyl sites for hydroxylation is 1. The van der Waals surface area contributed by atoms with Crippen LogP contribution in [0.2, 0.25) is 0 Å². The van der Waals surface area contributed by atoms with Crippen molar-refractivity contribution in [3.05, 3.63) is 5.01 Å². The molecule has 1 aliphatic rings. The molecule has 1 aromatic heterocycles. The van der Waals surface area contributed by atoms with Gasteiger partial charge in [0, 0.05) is 19.5 Å². The van der Waals surface area contributed by atoms with Crippen LogP contribution in [0.5, 0.6) is 0 Å². The van der Waals surface area contributed by atoms with E-state index in [4.69, 9.17) is 0 Å². The summed E-state index contributed by atoms with van der Waals surface area (Å²) in [6, 6.07) is 0. The summed E-state index contributed by atoms with van der Waals surface area (Å²) in [6.07, 6.45) is 0.288. The van der Waals surface area contributed by atoms with Crippen LogP contribution in [0.4, 0.5) is 5.13 Å². The fourth-order valence-corrected chi connectivity index (χ4v) is 2.71. The number of hydrogen-bond donors (Lipinski definition) is 1. The van der Waals surface area contributed by atoms with Gasteiger partial charge in [-0.05, 0) is 12.8 Å². The number of carbonyl (C=O) groups excluding carboxylic acids is 2. The van der Waals surface area contributed by atoms with Crippen molar-refractivity contribution in [1.82, 2.24) is 15.1 Å². The highest BCUT2D eigenvalue weighted by Gasteiger charge is 2.34. The lowest BCUT2D eigenvalue weighted by molar-refractivity contribution is -0.128. The van der Waals surface area contributed by atoms with Crippen molar-refractivity contribution in [1.29, 1.82) is 0 Å². The second-order valence-electron chi connectivity index (χ2n) is 5.21. The van der Waals surface area contributed by atoms with Crippen LogP contribution in [0.15, 0.2) is 0 Å². The number of likely N-dealkylation sites (tertiary alicyclic amines) is 1. The van der Waals surface area contributed by atoms with Gasteiger partial charge in [-0.2, -0.15) is 0 Å². The van der Waals surface area contributed by atoms with Crippen LogP contribution < -0.4 is 5.32 Å². The zero-order valence-corrected chi connectivity index (χ0v) is 12.2. The topological polar surface area (TPSA) is 75.2 Å². The van der Waals surface area contributed by atoms with E-state index in [1.807, 2.05) is 6.92 Å². The van der Waals surface area contributed by atoms with Crippen molar-refractivity contribution in [3.8, 4) is 0 Å². The van der Waals surface area contributed by atoms with Gasteiger partial charge in [0.15, 0.2) is 0 Å². The molecule has 0 radical (unpaired) electrons. The van der Waals surface area contributed by atoms with Crippen LogP contribution in [-0.2, 0) is 9.59 Å². The zero-order chi connectivity index (χ0) is 14.0. The van der Waals surface area contributed by atoms with Gasteiger partial charge in [0.1, 0.15) is 5.01 Å².